The van der Waals surface area contributed by atoms with Crippen LogP contribution in [-0.2, 0) is 6.42 Å². The number of benzene rings is 1. The van der Waals surface area contributed by atoms with E-state index in [1.54, 1.807) is 6.92 Å². The van der Waals surface area contributed by atoms with Gasteiger partial charge in [-0.3, -0.25) is 0 Å². The molecule has 0 heterocycles. The van der Waals surface area contributed by atoms with E-state index in [1.165, 1.54) is 6.07 Å². The van der Waals surface area contributed by atoms with Gasteiger partial charge in [0.1, 0.15) is 11.4 Å². The molecular formula is C9H10FNO2. The van der Waals surface area contributed by atoms with Gasteiger partial charge in [0, 0.05) is 5.69 Å². The first kappa shape index (κ1) is 9.51. The molecular weight excluding hydrogens is 173 g/mol. The fourth-order valence-corrected chi connectivity index (χ4v) is 1.25. The van der Waals surface area contributed by atoms with Gasteiger partial charge < -0.3 is 10.8 Å². The summed E-state index contributed by atoms with van der Waals surface area (Å²) in [5, 5.41) is 8.71. The minimum Gasteiger partial charge on any atom is -0.478 e. The second kappa shape index (κ2) is 3.43. The van der Waals surface area contributed by atoms with Crippen molar-refractivity contribution in [2.75, 3.05) is 5.73 Å². The maximum atomic E-state index is 13.0. The third-order valence-electron chi connectivity index (χ3n) is 1.87. The summed E-state index contributed by atoms with van der Waals surface area (Å²) in [4.78, 5) is 10.7. The number of hydrogen-bond donors (Lipinski definition) is 2. The molecule has 1 aromatic rings. The third-order valence-corrected chi connectivity index (χ3v) is 1.87. The van der Waals surface area contributed by atoms with Gasteiger partial charge in [-0.2, -0.15) is 0 Å². The van der Waals surface area contributed by atoms with Gasteiger partial charge >= 0.3 is 5.97 Å². The predicted molar refractivity (Wildman–Crippen MR) is 47.1 cm³/mol. The van der Waals surface area contributed by atoms with Gasteiger partial charge in [0.2, 0.25) is 0 Å². The van der Waals surface area contributed by atoms with Crippen molar-refractivity contribution in [1.82, 2.24) is 0 Å². The number of nitrogen functional groups attached to an aromatic ring is 1. The molecule has 0 amide bonds. The molecule has 0 atom stereocenters. The molecule has 0 saturated carbocycles. The zero-order valence-corrected chi connectivity index (χ0v) is 7.17. The molecule has 13 heavy (non-hydrogen) atoms. The summed E-state index contributed by atoms with van der Waals surface area (Å²) in [6.45, 7) is 1.73. The summed E-state index contributed by atoms with van der Waals surface area (Å²) < 4.78 is 13.0. The number of nitrogens with two attached hydrogens (primary N) is 1. The smallest absolute Gasteiger partial charge is 0.339 e. The first-order valence-corrected chi connectivity index (χ1v) is 3.88. The van der Waals surface area contributed by atoms with E-state index in [2.05, 4.69) is 0 Å². The number of anilines is 1. The quantitative estimate of drug-likeness (QED) is 0.685. The molecule has 0 unspecified atom stereocenters. The topological polar surface area (TPSA) is 63.3 Å². The molecule has 4 heteroatoms. The van der Waals surface area contributed by atoms with Crippen LogP contribution in [0.3, 0.4) is 0 Å². The van der Waals surface area contributed by atoms with E-state index in [0.29, 0.717) is 17.7 Å². The maximum absolute atomic E-state index is 13.0. The van der Waals surface area contributed by atoms with Crippen LogP contribution in [0.2, 0.25) is 0 Å². The van der Waals surface area contributed by atoms with Crippen molar-refractivity contribution < 1.29 is 14.3 Å². The average Bonchev–Trinajstić information content (AvgIpc) is 2.07. The van der Waals surface area contributed by atoms with Crippen molar-refractivity contribution >= 4 is 11.7 Å². The van der Waals surface area contributed by atoms with Crippen LogP contribution < -0.4 is 5.73 Å². The zero-order chi connectivity index (χ0) is 10.0. The van der Waals surface area contributed by atoms with Crippen molar-refractivity contribution in [3.8, 4) is 0 Å². The molecule has 0 saturated heterocycles. The normalized spacial score (nSPS) is 10.0. The average molecular weight is 183 g/mol. The monoisotopic (exact) mass is 183 g/mol. The van der Waals surface area contributed by atoms with Crippen LogP contribution in [-0.4, -0.2) is 11.1 Å². The summed E-state index contributed by atoms with van der Waals surface area (Å²) in [7, 11) is 0. The Kier molecular flexibility index (Phi) is 2.51. The van der Waals surface area contributed by atoms with Crippen LogP contribution in [0.15, 0.2) is 12.1 Å². The molecule has 3 N–H and O–H groups in total. The standard InChI is InChI=1S/C9H10FNO2/c1-2-5-7(11)4-3-6(10)8(5)9(12)13/h3-4H,2,11H2,1H3,(H,12,13). The van der Waals surface area contributed by atoms with Crippen LogP contribution in [0.5, 0.6) is 0 Å². The second-order valence-electron chi connectivity index (χ2n) is 2.65. The highest BCUT2D eigenvalue weighted by molar-refractivity contribution is 5.91. The first-order chi connectivity index (χ1) is 6.07. The number of halogens is 1. The maximum Gasteiger partial charge on any atom is 0.339 e. The Hall–Kier alpha value is -1.58. The summed E-state index contributed by atoms with van der Waals surface area (Å²) in [6.07, 6.45) is 0.408. The number of aromatic carboxylic acids is 1. The minimum atomic E-state index is -1.28. The summed E-state index contributed by atoms with van der Waals surface area (Å²) in [5.41, 5.74) is 5.87. The van der Waals surface area contributed by atoms with E-state index in [1.807, 2.05) is 0 Å². The number of carbonyl (C=O) groups is 1. The lowest BCUT2D eigenvalue weighted by molar-refractivity contribution is 0.0690. The number of carboxylic acids is 1. The lowest BCUT2D eigenvalue weighted by Gasteiger charge is -2.07. The third kappa shape index (κ3) is 1.61. The SMILES string of the molecule is CCc1c(N)ccc(F)c1C(=O)O. The molecule has 0 bridgehead atoms. The van der Waals surface area contributed by atoms with E-state index >= 15 is 0 Å². The number of hydrogen-bond acceptors (Lipinski definition) is 2. The van der Waals surface area contributed by atoms with Crippen LogP contribution in [0.25, 0.3) is 0 Å². The fraction of sp³-hybridized carbons (Fsp3) is 0.222. The molecule has 3 nitrogen and oxygen atoms in total. The van der Waals surface area contributed by atoms with Crippen molar-refractivity contribution in [3.63, 3.8) is 0 Å². The Morgan fingerprint density at radius 1 is 1.62 bits per heavy atom. The molecule has 0 radical (unpaired) electrons. The Morgan fingerprint density at radius 3 is 2.62 bits per heavy atom. The van der Waals surface area contributed by atoms with Gasteiger partial charge in [-0.1, -0.05) is 6.92 Å². The summed E-state index contributed by atoms with van der Waals surface area (Å²) in [6, 6.07) is 2.44. The molecule has 0 fully saturated rings. The highest BCUT2D eigenvalue weighted by atomic mass is 19.1. The molecule has 0 spiro atoms. The van der Waals surface area contributed by atoms with E-state index in [-0.39, 0.29) is 5.56 Å². The van der Waals surface area contributed by atoms with E-state index < -0.39 is 11.8 Å². The van der Waals surface area contributed by atoms with Crippen LogP contribution in [0, 0.1) is 5.82 Å². The Balaban J connectivity index is 3.43. The van der Waals surface area contributed by atoms with Gasteiger partial charge in [0.15, 0.2) is 0 Å². The molecule has 70 valence electrons. The number of carboxylic acid groups (broad SMARTS) is 1. The van der Waals surface area contributed by atoms with Gasteiger partial charge in [-0.25, -0.2) is 9.18 Å². The molecule has 0 aliphatic heterocycles. The van der Waals surface area contributed by atoms with E-state index in [0.717, 1.165) is 6.07 Å². The molecule has 0 aliphatic rings. The summed E-state index contributed by atoms with van der Waals surface area (Å²) >= 11 is 0. The van der Waals surface area contributed by atoms with Crippen molar-refractivity contribution in [2.24, 2.45) is 0 Å². The lowest BCUT2D eigenvalue weighted by Crippen LogP contribution is -2.08. The molecule has 0 aromatic heterocycles. The molecule has 1 rings (SSSR count). The van der Waals surface area contributed by atoms with Gasteiger partial charge in [-0.15, -0.1) is 0 Å². The van der Waals surface area contributed by atoms with Gasteiger partial charge in [0.05, 0.1) is 0 Å². The largest absolute Gasteiger partial charge is 0.478 e. The van der Waals surface area contributed by atoms with Crippen molar-refractivity contribution in [2.45, 2.75) is 13.3 Å². The summed E-state index contributed by atoms with van der Waals surface area (Å²) in [5.74, 6) is -2.01. The second-order valence-corrected chi connectivity index (χ2v) is 2.65. The van der Waals surface area contributed by atoms with Gasteiger partial charge in [-0.05, 0) is 24.1 Å². The minimum absolute atomic E-state index is 0.317. The number of rotatable bonds is 2. The highest BCUT2D eigenvalue weighted by Crippen LogP contribution is 2.20. The van der Waals surface area contributed by atoms with Crippen LogP contribution >= 0.6 is 0 Å². The molecule has 1 aromatic carbocycles. The van der Waals surface area contributed by atoms with Gasteiger partial charge in [0.25, 0.3) is 0 Å². The molecule has 0 aliphatic carbocycles. The highest BCUT2D eigenvalue weighted by Gasteiger charge is 2.16. The van der Waals surface area contributed by atoms with Crippen molar-refractivity contribution in [3.05, 3.63) is 29.1 Å². The Bertz CT molecular complexity index is 350. The van der Waals surface area contributed by atoms with E-state index in [4.69, 9.17) is 10.8 Å². The van der Waals surface area contributed by atoms with Crippen LogP contribution in [0.1, 0.15) is 22.8 Å². The Labute approximate surface area is 75.0 Å². The first-order valence-electron chi connectivity index (χ1n) is 3.88. The Morgan fingerprint density at radius 2 is 2.23 bits per heavy atom. The predicted octanol–water partition coefficient (Wildman–Crippen LogP) is 1.67. The zero-order valence-electron chi connectivity index (χ0n) is 7.17. The van der Waals surface area contributed by atoms with E-state index in [9.17, 15) is 9.18 Å². The fourth-order valence-electron chi connectivity index (χ4n) is 1.25. The van der Waals surface area contributed by atoms with Crippen molar-refractivity contribution in [1.29, 1.82) is 0 Å². The lowest BCUT2D eigenvalue weighted by atomic mass is 10.0. The van der Waals surface area contributed by atoms with Crippen LogP contribution in [0.4, 0.5) is 10.1 Å².